The van der Waals surface area contributed by atoms with E-state index >= 15 is 0 Å². The van der Waals surface area contributed by atoms with Crippen LogP contribution >= 0.6 is 0 Å². The molecule has 3 aromatic rings. The van der Waals surface area contributed by atoms with Crippen LogP contribution in [0.15, 0.2) is 36.4 Å². The van der Waals surface area contributed by atoms with Crippen molar-refractivity contribution in [2.45, 2.75) is 45.3 Å². The molecule has 30 heavy (non-hydrogen) atoms. The molecule has 0 spiro atoms. The number of alkyl halides is 3. The highest BCUT2D eigenvalue weighted by Crippen LogP contribution is 2.34. The van der Waals surface area contributed by atoms with E-state index < -0.39 is 11.7 Å². The van der Waals surface area contributed by atoms with Gasteiger partial charge < -0.3 is 10.6 Å². The van der Waals surface area contributed by atoms with Crippen molar-refractivity contribution in [2.75, 3.05) is 18.4 Å². The Hall–Kier alpha value is -2.67. The van der Waals surface area contributed by atoms with Gasteiger partial charge in [0.05, 0.1) is 11.3 Å². The summed E-state index contributed by atoms with van der Waals surface area (Å²) in [5, 5.41) is 17.1. The number of piperidine rings is 1. The topological polar surface area (TPSA) is 49.8 Å². The van der Waals surface area contributed by atoms with Gasteiger partial charge in [-0.15, -0.1) is 5.10 Å². The number of anilines is 1. The van der Waals surface area contributed by atoms with Crippen LogP contribution in [-0.2, 0) is 12.7 Å². The maximum Gasteiger partial charge on any atom is 0.416 e. The maximum absolute atomic E-state index is 13.2. The van der Waals surface area contributed by atoms with Crippen molar-refractivity contribution in [3.8, 4) is 0 Å². The van der Waals surface area contributed by atoms with E-state index in [1.165, 1.54) is 18.6 Å². The summed E-state index contributed by atoms with van der Waals surface area (Å²) in [6.07, 6.45) is -2.18. The fourth-order valence-corrected chi connectivity index (χ4v) is 4.21. The number of aromatic nitrogens is 2. The Morgan fingerprint density at radius 2 is 1.80 bits per heavy atom. The fraction of sp³-hybridized carbons (Fsp3) is 0.391. The standard InChI is InChI=1S/C23H25F3N4/c1-14-18(4-3-5-21(14)23(24,25)26)13-28-22-20-12-17(16-8-10-27-11-9-16)6-7-19(20)15(2)29-30-22/h3-7,12,16,27H,8-11,13H2,1-2H3,(H,28,30). The molecule has 2 N–H and O–H groups in total. The molecule has 2 heterocycles. The number of rotatable bonds is 4. The molecular formula is C23H25F3N4. The van der Waals surface area contributed by atoms with Crippen LogP contribution in [-0.4, -0.2) is 23.3 Å². The van der Waals surface area contributed by atoms with E-state index in [4.69, 9.17) is 0 Å². The molecule has 2 aromatic carbocycles. The quantitative estimate of drug-likeness (QED) is 0.605. The van der Waals surface area contributed by atoms with Crippen molar-refractivity contribution in [3.63, 3.8) is 0 Å². The minimum Gasteiger partial charge on any atom is -0.364 e. The lowest BCUT2D eigenvalue weighted by atomic mass is 9.89. The lowest BCUT2D eigenvalue weighted by molar-refractivity contribution is -0.138. The van der Waals surface area contributed by atoms with Crippen molar-refractivity contribution in [3.05, 3.63) is 64.3 Å². The normalized spacial score (nSPS) is 15.5. The van der Waals surface area contributed by atoms with Gasteiger partial charge in [-0.2, -0.15) is 18.3 Å². The first-order valence-corrected chi connectivity index (χ1v) is 10.2. The number of fused-ring (bicyclic) bond motifs is 1. The van der Waals surface area contributed by atoms with Gasteiger partial charge in [0.15, 0.2) is 5.82 Å². The molecule has 1 aromatic heterocycles. The highest BCUT2D eigenvalue weighted by Gasteiger charge is 2.32. The molecule has 0 saturated carbocycles. The molecule has 1 fully saturated rings. The van der Waals surface area contributed by atoms with Gasteiger partial charge in [-0.25, -0.2) is 0 Å². The number of benzene rings is 2. The minimum absolute atomic E-state index is 0.234. The summed E-state index contributed by atoms with van der Waals surface area (Å²) in [6, 6.07) is 10.7. The van der Waals surface area contributed by atoms with E-state index in [0.29, 0.717) is 17.3 Å². The lowest BCUT2D eigenvalue weighted by Crippen LogP contribution is -2.26. The Morgan fingerprint density at radius 3 is 2.53 bits per heavy atom. The van der Waals surface area contributed by atoms with Gasteiger partial charge in [-0.3, -0.25) is 0 Å². The average molecular weight is 414 g/mol. The third-order valence-corrected chi connectivity index (χ3v) is 6.00. The molecule has 0 atom stereocenters. The molecule has 1 aliphatic heterocycles. The van der Waals surface area contributed by atoms with Crippen molar-refractivity contribution < 1.29 is 13.2 Å². The predicted molar refractivity (Wildman–Crippen MR) is 113 cm³/mol. The molecule has 158 valence electrons. The summed E-state index contributed by atoms with van der Waals surface area (Å²) in [4.78, 5) is 0. The van der Waals surface area contributed by atoms with E-state index in [-0.39, 0.29) is 12.1 Å². The van der Waals surface area contributed by atoms with Gasteiger partial charge >= 0.3 is 6.18 Å². The molecular weight excluding hydrogens is 389 g/mol. The third kappa shape index (κ3) is 4.12. The van der Waals surface area contributed by atoms with Crippen molar-refractivity contribution in [2.24, 2.45) is 0 Å². The van der Waals surface area contributed by atoms with Gasteiger partial charge in [0.1, 0.15) is 0 Å². The fourth-order valence-electron chi connectivity index (χ4n) is 4.21. The Kier molecular flexibility index (Phi) is 5.64. The number of aryl methyl sites for hydroxylation is 1. The van der Waals surface area contributed by atoms with Crippen LogP contribution in [0.25, 0.3) is 10.8 Å². The zero-order valence-electron chi connectivity index (χ0n) is 17.1. The number of nitrogens with one attached hydrogen (secondary N) is 2. The van der Waals surface area contributed by atoms with Gasteiger partial charge in [0, 0.05) is 17.3 Å². The van der Waals surface area contributed by atoms with E-state index in [2.05, 4.69) is 39.0 Å². The zero-order valence-corrected chi connectivity index (χ0v) is 17.1. The molecule has 1 aliphatic rings. The molecule has 4 nitrogen and oxygen atoms in total. The molecule has 0 radical (unpaired) electrons. The summed E-state index contributed by atoms with van der Waals surface area (Å²) in [7, 11) is 0. The van der Waals surface area contributed by atoms with E-state index in [1.807, 2.05) is 6.92 Å². The maximum atomic E-state index is 13.2. The second kappa shape index (κ2) is 8.22. The monoisotopic (exact) mass is 414 g/mol. The molecule has 0 amide bonds. The number of nitrogens with zero attached hydrogens (tertiary/aromatic N) is 2. The second-order valence-electron chi connectivity index (χ2n) is 7.90. The molecule has 0 bridgehead atoms. The Morgan fingerprint density at radius 1 is 1.03 bits per heavy atom. The molecule has 7 heteroatoms. The Bertz CT molecular complexity index is 1060. The van der Waals surface area contributed by atoms with E-state index in [9.17, 15) is 13.2 Å². The van der Waals surface area contributed by atoms with Gasteiger partial charge in [-0.1, -0.05) is 24.3 Å². The Labute approximate surface area is 173 Å². The van der Waals surface area contributed by atoms with Crippen molar-refractivity contribution in [1.29, 1.82) is 0 Å². The van der Waals surface area contributed by atoms with Crippen molar-refractivity contribution in [1.82, 2.24) is 15.5 Å². The largest absolute Gasteiger partial charge is 0.416 e. The van der Waals surface area contributed by atoms with Crippen LogP contribution in [0.1, 0.15) is 46.7 Å². The van der Waals surface area contributed by atoms with Gasteiger partial charge in [0.25, 0.3) is 0 Å². The van der Waals surface area contributed by atoms with Crippen molar-refractivity contribution >= 4 is 16.6 Å². The van der Waals surface area contributed by atoms with Crippen LogP contribution < -0.4 is 10.6 Å². The summed E-state index contributed by atoms with van der Waals surface area (Å²) in [6.45, 7) is 5.70. The van der Waals surface area contributed by atoms with Crippen LogP contribution in [0.5, 0.6) is 0 Å². The Balaban J connectivity index is 1.65. The highest BCUT2D eigenvalue weighted by atomic mass is 19.4. The summed E-state index contributed by atoms with van der Waals surface area (Å²) in [5.74, 6) is 1.10. The third-order valence-electron chi connectivity index (χ3n) is 6.00. The SMILES string of the molecule is Cc1c(CNc2nnc(C)c3ccc(C4CCNCC4)cc23)cccc1C(F)(F)F. The summed E-state index contributed by atoms with van der Waals surface area (Å²) < 4.78 is 39.7. The number of halogens is 3. The molecule has 0 unspecified atom stereocenters. The summed E-state index contributed by atoms with van der Waals surface area (Å²) >= 11 is 0. The van der Waals surface area contributed by atoms with Gasteiger partial charge in [0.2, 0.25) is 0 Å². The van der Waals surface area contributed by atoms with Crippen LogP contribution in [0.3, 0.4) is 0 Å². The zero-order chi connectivity index (χ0) is 21.3. The van der Waals surface area contributed by atoms with Crippen LogP contribution in [0, 0.1) is 13.8 Å². The van der Waals surface area contributed by atoms with Gasteiger partial charge in [-0.05, 0) is 74.5 Å². The number of hydrogen-bond acceptors (Lipinski definition) is 4. The lowest BCUT2D eigenvalue weighted by Gasteiger charge is -2.23. The molecule has 4 rings (SSSR count). The number of hydrogen-bond donors (Lipinski definition) is 2. The first kappa shape index (κ1) is 20.6. The average Bonchev–Trinajstić information content (AvgIpc) is 2.74. The second-order valence-corrected chi connectivity index (χ2v) is 7.90. The predicted octanol–water partition coefficient (Wildman–Crippen LogP) is 5.34. The highest BCUT2D eigenvalue weighted by molar-refractivity contribution is 5.93. The smallest absolute Gasteiger partial charge is 0.364 e. The van der Waals surface area contributed by atoms with E-state index in [0.717, 1.165) is 48.5 Å². The summed E-state index contributed by atoms with van der Waals surface area (Å²) in [5.41, 5.74) is 2.33. The first-order chi connectivity index (χ1) is 14.3. The van der Waals surface area contributed by atoms with Crippen LogP contribution in [0.4, 0.5) is 19.0 Å². The van der Waals surface area contributed by atoms with E-state index in [1.54, 1.807) is 6.07 Å². The van der Waals surface area contributed by atoms with Crippen LogP contribution in [0.2, 0.25) is 0 Å². The molecule has 0 aliphatic carbocycles. The molecule has 1 saturated heterocycles. The first-order valence-electron chi connectivity index (χ1n) is 10.2. The minimum atomic E-state index is -4.36.